The summed E-state index contributed by atoms with van der Waals surface area (Å²) in [6.45, 7) is 2.61. The molecule has 0 heterocycles. The van der Waals surface area contributed by atoms with Crippen LogP contribution in [0.3, 0.4) is 0 Å². The van der Waals surface area contributed by atoms with Crippen LogP contribution in [0.25, 0.3) is 0 Å². The number of ether oxygens (including phenoxy) is 2. The summed E-state index contributed by atoms with van der Waals surface area (Å²) < 4.78 is 12.3. The van der Waals surface area contributed by atoms with Gasteiger partial charge in [0.25, 0.3) is 5.69 Å². The van der Waals surface area contributed by atoms with Crippen LogP contribution in [0.15, 0.2) is 70.3 Å². The normalized spacial score (nSPS) is 10.6. The van der Waals surface area contributed by atoms with Crippen LogP contribution in [0.4, 0.5) is 5.69 Å². The number of halogens is 1. The molecule has 8 nitrogen and oxygen atoms in total. The third kappa shape index (κ3) is 6.54. The Morgan fingerprint density at radius 1 is 1.09 bits per heavy atom. The predicted octanol–water partition coefficient (Wildman–Crippen LogP) is 5.76. The zero-order valence-corrected chi connectivity index (χ0v) is 19.3. The summed E-state index contributed by atoms with van der Waals surface area (Å²) in [5.74, 6) is 1.04. The van der Waals surface area contributed by atoms with Gasteiger partial charge in [0.1, 0.15) is 13.2 Å². The Hall–Kier alpha value is -3.90. The summed E-state index contributed by atoms with van der Waals surface area (Å²) in [7, 11) is 0. The van der Waals surface area contributed by atoms with Gasteiger partial charge in [0.2, 0.25) is 0 Å². The lowest BCUT2D eigenvalue weighted by Crippen LogP contribution is -2.02. The van der Waals surface area contributed by atoms with Crippen LogP contribution in [-0.4, -0.2) is 17.7 Å². The van der Waals surface area contributed by atoms with Gasteiger partial charge < -0.3 is 14.3 Å². The minimum atomic E-state index is -0.457. The fourth-order valence-electron chi connectivity index (χ4n) is 2.91. The van der Waals surface area contributed by atoms with Gasteiger partial charge in [-0.1, -0.05) is 35.5 Å². The van der Waals surface area contributed by atoms with Gasteiger partial charge in [-0.2, -0.15) is 5.26 Å². The second-order valence-corrected chi connectivity index (χ2v) is 7.60. The van der Waals surface area contributed by atoms with Crippen LogP contribution >= 0.6 is 15.9 Å². The highest BCUT2D eigenvalue weighted by Crippen LogP contribution is 2.34. The zero-order chi connectivity index (χ0) is 23.6. The molecule has 3 aromatic carbocycles. The molecular formula is C24H20BrN3O5. The Balaban J connectivity index is 1.70. The van der Waals surface area contributed by atoms with E-state index in [1.165, 1.54) is 18.3 Å². The molecule has 0 spiro atoms. The van der Waals surface area contributed by atoms with Crippen LogP contribution in [0.5, 0.6) is 11.5 Å². The van der Waals surface area contributed by atoms with Crippen molar-refractivity contribution < 1.29 is 19.2 Å². The van der Waals surface area contributed by atoms with E-state index >= 15 is 0 Å². The summed E-state index contributed by atoms with van der Waals surface area (Å²) in [4.78, 5) is 15.7. The van der Waals surface area contributed by atoms with Crippen LogP contribution < -0.4 is 9.47 Å². The molecule has 0 amide bonds. The number of hydrogen-bond donors (Lipinski definition) is 0. The molecule has 0 aliphatic rings. The molecule has 0 atom stereocenters. The fourth-order valence-corrected chi connectivity index (χ4v) is 3.33. The van der Waals surface area contributed by atoms with Crippen molar-refractivity contribution in [1.29, 1.82) is 5.26 Å². The van der Waals surface area contributed by atoms with Gasteiger partial charge in [-0.3, -0.25) is 10.1 Å². The topological polar surface area (TPSA) is 107 Å². The first kappa shape index (κ1) is 23.8. The van der Waals surface area contributed by atoms with Crippen LogP contribution in [0, 0.1) is 21.4 Å². The van der Waals surface area contributed by atoms with Gasteiger partial charge in [0.15, 0.2) is 11.5 Å². The molecule has 3 aromatic rings. The summed E-state index contributed by atoms with van der Waals surface area (Å²) >= 11 is 3.50. The largest absolute Gasteiger partial charge is 0.490 e. The van der Waals surface area contributed by atoms with Crippen molar-refractivity contribution in [3.63, 3.8) is 0 Å². The molecule has 168 valence electrons. The Morgan fingerprint density at radius 2 is 1.88 bits per heavy atom. The van der Waals surface area contributed by atoms with E-state index in [1.807, 2.05) is 19.1 Å². The van der Waals surface area contributed by atoms with Crippen molar-refractivity contribution in [3.05, 3.63) is 97.5 Å². The van der Waals surface area contributed by atoms with E-state index in [2.05, 4.69) is 27.2 Å². The average molecular weight is 510 g/mol. The number of benzene rings is 3. The minimum Gasteiger partial charge on any atom is -0.490 e. The summed E-state index contributed by atoms with van der Waals surface area (Å²) in [6.07, 6.45) is 1.51. The van der Waals surface area contributed by atoms with E-state index in [0.717, 1.165) is 5.56 Å². The smallest absolute Gasteiger partial charge is 0.269 e. The molecule has 0 saturated carbocycles. The monoisotopic (exact) mass is 509 g/mol. The predicted molar refractivity (Wildman–Crippen MR) is 126 cm³/mol. The lowest BCUT2D eigenvalue weighted by atomic mass is 10.1. The molecule has 0 radical (unpaired) electrons. The molecule has 0 unspecified atom stereocenters. The van der Waals surface area contributed by atoms with Crippen molar-refractivity contribution >= 4 is 27.8 Å². The molecule has 0 aliphatic heterocycles. The van der Waals surface area contributed by atoms with E-state index in [4.69, 9.17) is 14.3 Å². The van der Waals surface area contributed by atoms with E-state index in [9.17, 15) is 15.4 Å². The van der Waals surface area contributed by atoms with Crippen molar-refractivity contribution in [2.75, 3.05) is 6.61 Å². The molecule has 0 aliphatic carbocycles. The Morgan fingerprint density at radius 3 is 2.64 bits per heavy atom. The molecule has 33 heavy (non-hydrogen) atoms. The highest BCUT2D eigenvalue weighted by Gasteiger charge is 2.12. The Labute approximate surface area is 199 Å². The number of nitrogens with zero attached hydrogens (tertiary/aromatic N) is 3. The van der Waals surface area contributed by atoms with Crippen LogP contribution in [0.1, 0.15) is 29.2 Å². The molecule has 0 saturated heterocycles. The molecule has 0 N–H and O–H groups in total. The van der Waals surface area contributed by atoms with Crippen molar-refractivity contribution in [2.24, 2.45) is 5.16 Å². The number of nitro groups is 1. The zero-order valence-electron chi connectivity index (χ0n) is 17.7. The molecular weight excluding hydrogens is 490 g/mol. The maximum absolute atomic E-state index is 10.9. The second kappa shape index (κ2) is 11.6. The fraction of sp³-hybridized carbons (Fsp3) is 0.167. The molecule has 0 bridgehead atoms. The highest BCUT2D eigenvalue weighted by atomic mass is 79.9. The van der Waals surface area contributed by atoms with Gasteiger partial charge in [-0.25, -0.2) is 0 Å². The standard InChI is InChI=1S/C24H20BrN3O5/c1-2-31-23-11-20(14-27-33-15-17-6-5-9-21(10-17)28(29)30)22(25)12-24(23)32-16-19-8-4-3-7-18(19)13-26/h3-12,14H,2,15-16H2,1H3/b27-14-. The molecule has 0 fully saturated rings. The number of nitriles is 1. The average Bonchev–Trinajstić information content (AvgIpc) is 2.83. The number of oxime groups is 1. The van der Waals surface area contributed by atoms with Gasteiger partial charge >= 0.3 is 0 Å². The SMILES string of the molecule is CCOc1cc(/C=N\OCc2cccc([N+](=O)[O-])c2)c(Br)cc1OCc1ccccc1C#N. The summed E-state index contributed by atoms with van der Waals surface area (Å²) in [6, 6.07) is 19.1. The summed E-state index contributed by atoms with van der Waals surface area (Å²) in [5, 5.41) is 24.1. The number of nitro benzene ring substituents is 1. The third-order valence-electron chi connectivity index (χ3n) is 4.50. The minimum absolute atomic E-state index is 0.00263. The van der Waals surface area contributed by atoms with Crippen molar-refractivity contribution in [1.82, 2.24) is 0 Å². The molecule has 3 rings (SSSR count). The first-order valence-electron chi connectivity index (χ1n) is 9.97. The molecule has 9 heteroatoms. The van der Waals surface area contributed by atoms with Crippen molar-refractivity contribution in [3.8, 4) is 17.6 Å². The molecule has 0 aromatic heterocycles. The van der Waals surface area contributed by atoms with Crippen LogP contribution in [-0.2, 0) is 18.1 Å². The number of hydrogen-bond acceptors (Lipinski definition) is 7. The van der Waals surface area contributed by atoms with Gasteiger partial charge in [-0.15, -0.1) is 0 Å². The first-order chi connectivity index (χ1) is 16.0. The maximum Gasteiger partial charge on any atom is 0.269 e. The highest BCUT2D eigenvalue weighted by molar-refractivity contribution is 9.10. The van der Waals surface area contributed by atoms with E-state index in [1.54, 1.807) is 36.4 Å². The number of rotatable bonds is 10. The third-order valence-corrected chi connectivity index (χ3v) is 5.19. The maximum atomic E-state index is 10.9. The van der Waals surface area contributed by atoms with Gasteiger partial charge in [-0.05, 0) is 46.6 Å². The van der Waals surface area contributed by atoms with Crippen molar-refractivity contribution in [2.45, 2.75) is 20.1 Å². The quantitative estimate of drug-likeness (QED) is 0.195. The van der Waals surface area contributed by atoms with Gasteiger partial charge in [0, 0.05) is 27.7 Å². The Bertz CT molecular complexity index is 1210. The summed E-state index contributed by atoms with van der Waals surface area (Å²) in [5.41, 5.74) is 2.66. The Kier molecular flexibility index (Phi) is 8.38. The second-order valence-electron chi connectivity index (χ2n) is 6.75. The lowest BCUT2D eigenvalue weighted by molar-refractivity contribution is -0.384. The van der Waals surface area contributed by atoms with Crippen LogP contribution in [0.2, 0.25) is 0 Å². The lowest BCUT2D eigenvalue weighted by Gasteiger charge is -2.14. The first-order valence-corrected chi connectivity index (χ1v) is 10.8. The van der Waals surface area contributed by atoms with E-state index in [0.29, 0.717) is 39.3 Å². The number of non-ortho nitro benzene ring substituents is 1. The van der Waals surface area contributed by atoms with Gasteiger partial charge in [0.05, 0.1) is 29.4 Å². The van der Waals surface area contributed by atoms with E-state index in [-0.39, 0.29) is 18.9 Å². The van der Waals surface area contributed by atoms with E-state index < -0.39 is 4.92 Å².